The van der Waals surface area contributed by atoms with Crippen LogP contribution in [0.4, 0.5) is 5.69 Å². The molecule has 4 nitrogen and oxygen atoms in total. The summed E-state index contributed by atoms with van der Waals surface area (Å²) in [5, 5.41) is 5.89. The van der Waals surface area contributed by atoms with E-state index in [2.05, 4.69) is 15.7 Å². The lowest BCUT2D eigenvalue weighted by molar-refractivity contribution is 0.362. The average molecular weight is 261 g/mol. The van der Waals surface area contributed by atoms with Gasteiger partial charge in [0.2, 0.25) is 5.96 Å². The molecule has 0 saturated carbocycles. The molecule has 0 unspecified atom stereocenters. The highest BCUT2D eigenvalue weighted by Crippen LogP contribution is 2.29. The number of rotatable bonds is 2. The van der Waals surface area contributed by atoms with Gasteiger partial charge in [-0.1, -0.05) is 29.3 Å². The summed E-state index contributed by atoms with van der Waals surface area (Å²) in [4.78, 5) is 4.04. The van der Waals surface area contributed by atoms with E-state index in [1.807, 2.05) is 14.1 Å². The van der Waals surface area contributed by atoms with Gasteiger partial charge in [-0.15, -0.1) is 0 Å². The first-order valence-corrected chi connectivity index (χ1v) is 5.42. The Morgan fingerprint density at radius 3 is 2.25 bits per heavy atom. The fourth-order valence-corrected chi connectivity index (χ4v) is 1.57. The van der Waals surface area contributed by atoms with Gasteiger partial charge in [0.05, 0.1) is 15.7 Å². The van der Waals surface area contributed by atoms with E-state index in [0.717, 1.165) is 0 Å². The molecular formula is C10H14Cl2N4. The molecule has 0 spiro atoms. The van der Waals surface area contributed by atoms with Crippen molar-refractivity contribution in [2.24, 2.45) is 4.99 Å². The van der Waals surface area contributed by atoms with E-state index >= 15 is 0 Å². The summed E-state index contributed by atoms with van der Waals surface area (Å²) in [6, 6.07) is 5.31. The maximum atomic E-state index is 6.02. The largest absolute Gasteiger partial charge is 0.323 e. The van der Waals surface area contributed by atoms with E-state index in [1.165, 1.54) is 0 Å². The number of hydrogen-bond donors (Lipinski definition) is 2. The van der Waals surface area contributed by atoms with Crippen molar-refractivity contribution in [3.8, 4) is 0 Å². The van der Waals surface area contributed by atoms with Gasteiger partial charge in [-0.25, -0.2) is 5.01 Å². The fraction of sp³-hybridized carbons (Fsp3) is 0.300. The monoisotopic (exact) mass is 260 g/mol. The van der Waals surface area contributed by atoms with Gasteiger partial charge in [-0.05, 0) is 12.1 Å². The number of hydrogen-bond acceptors (Lipinski definition) is 2. The molecule has 16 heavy (non-hydrogen) atoms. The lowest BCUT2D eigenvalue weighted by atomic mass is 10.3. The van der Waals surface area contributed by atoms with Gasteiger partial charge in [0.25, 0.3) is 0 Å². The Bertz CT molecular complexity index is 370. The van der Waals surface area contributed by atoms with Crippen LogP contribution in [0.1, 0.15) is 0 Å². The van der Waals surface area contributed by atoms with Crippen LogP contribution in [0.2, 0.25) is 10.0 Å². The topological polar surface area (TPSA) is 39.7 Å². The van der Waals surface area contributed by atoms with Gasteiger partial charge < -0.3 is 5.32 Å². The molecule has 0 atom stereocenters. The van der Waals surface area contributed by atoms with E-state index in [0.29, 0.717) is 21.7 Å². The zero-order valence-electron chi connectivity index (χ0n) is 9.38. The lowest BCUT2D eigenvalue weighted by Crippen LogP contribution is -2.40. The van der Waals surface area contributed by atoms with Crippen LogP contribution >= 0.6 is 23.2 Å². The second-order valence-corrected chi connectivity index (χ2v) is 4.11. The minimum absolute atomic E-state index is 0.550. The Labute approximate surface area is 105 Å². The second kappa shape index (κ2) is 5.94. The Kier molecular flexibility index (Phi) is 4.86. The molecular weight excluding hydrogens is 247 g/mol. The molecule has 0 aromatic heterocycles. The van der Waals surface area contributed by atoms with Crippen LogP contribution in [0, 0.1) is 0 Å². The van der Waals surface area contributed by atoms with E-state index in [4.69, 9.17) is 23.2 Å². The van der Waals surface area contributed by atoms with Gasteiger partial charge >= 0.3 is 0 Å². The SMILES string of the molecule is CN=C(Nc1c(Cl)cccc1Cl)NN(C)C. The van der Waals surface area contributed by atoms with Crippen LogP contribution in [-0.4, -0.2) is 32.1 Å². The van der Waals surface area contributed by atoms with Crippen LogP contribution < -0.4 is 10.7 Å². The highest BCUT2D eigenvalue weighted by Gasteiger charge is 2.07. The standard InChI is InChI=1S/C10H14Cl2N4/c1-13-10(15-16(2)3)14-9-7(11)5-4-6-8(9)12/h4-6H,1-3H3,(H2,13,14,15). The maximum absolute atomic E-state index is 6.02. The Hall–Kier alpha value is -0.970. The van der Waals surface area contributed by atoms with E-state index in [9.17, 15) is 0 Å². The number of guanidine groups is 1. The van der Waals surface area contributed by atoms with Crippen LogP contribution in [0.5, 0.6) is 0 Å². The zero-order chi connectivity index (χ0) is 12.1. The summed E-state index contributed by atoms with van der Waals surface area (Å²) in [5.74, 6) is 0.569. The number of hydrazine groups is 1. The predicted octanol–water partition coefficient (Wildman–Crippen LogP) is 2.46. The van der Waals surface area contributed by atoms with Gasteiger partial charge in [0, 0.05) is 21.1 Å². The summed E-state index contributed by atoms with van der Waals surface area (Å²) >= 11 is 12.0. The number of benzene rings is 1. The van der Waals surface area contributed by atoms with Crippen molar-refractivity contribution in [2.45, 2.75) is 0 Å². The highest BCUT2D eigenvalue weighted by molar-refractivity contribution is 6.39. The molecule has 0 heterocycles. The first-order chi connectivity index (χ1) is 7.54. The minimum Gasteiger partial charge on any atom is -0.323 e. The van der Waals surface area contributed by atoms with Crippen LogP contribution in [0.15, 0.2) is 23.2 Å². The second-order valence-electron chi connectivity index (χ2n) is 3.30. The van der Waals surface area contributed by atoms with Crippen LogP contribution in [-0.2, 0) is 0 Å². The van der Waals surface area contributed by atoms with Crippen molar-refractivity contribution in [2.75, 3.05) is 26.5 Å². The first-order valence-electron chi connectivity index (χ1n) is 4.66. The number of nitrogens with zero attached hydrogens (tertiary/aromatic N) is 2. The third-order valence-electron chi connectivity index (χ3n) is 1.76. The number of anilines is 1. The summed E-state index contributed by atoms with van der Waals surface area (Å²) in [6.45, 7) is 0. The third-order valence-corrected chi connectivity index (χ3v) is 2.39. The van der Waals surface area contributed by atoms with E-state index < -0.39 is 0 Å². The Morgan fingerprint density at radius 1 is 1.25 bits per heavy atom. The Balaban J connectivity index is 2.87. The molecule has 0 bridgehead atoms. The smallest absolute Gasteiger partial charge is 0.210 e. The normalized spacial score (nSPS) is 11.8. The van der Waals surface area contributed by atoms with E-state index in [-0.39, 0.29) is 0 Å². The van der Waals surface area contributed by atoms with Gasteiger partial charge in [0.15, 0.2) is 0 Å². The van der Waals surface area contributed by atoms with Gasteiger partial charge in [-0.3, -0.25) is 10.4 Å². The van der Waals surface area contributed by atoms with Crippen molar-refractivity contribution < 1.29 is 0 Å². The van der Waals surface area contributed by atoms with Crippen molar-refractivity contribution >= 4 is 34.8 Å². The number of aliphatic imine (C=N–C) groups is 1. The summed E-state index contributed by atoms with van der Waals surface area (Å²) in [6.07, 6.45) is 0. The molecule has 0 aliphatic carbocycles. The summed E-state index contributed by atoms with van der Waals surface area (Å²) in [5.41, 5.74) is 3.63. The number of halogens is 2. The van der Waals surface area contributed by atoms with Crippen LogP contribution in [0.3, 0.4) is 0 Å². The minimum atomic E-state index is 0.550. The molecule has 88 valence electrons. The van der Waals surface area contributed by atoms with Crippen molar-refractivity contribution in [3.63, 3.8) is 0 Å². The van der Waals surface area contributed by atoms with E-state index in [1.54, 1.807) is 30.3 Å². The Morgan fingerprint density at radius 2 is 1.81 bits per heavy atom. The fourth-order valence-electron chi connectivity index (χ4n) is 1.08. The van der Waals surface area contributed by atoms with Crippen LogP contribution in [0.25, 0.3) is 0 Å². The third kappa shape index (κ3) is 3.56. The molecule has 0 amide bonds. The number of para-hydroxylation sites is 1. The molecule has 0 aliphatic rings. The molecule has 1 rings (SSSR count). The zero-order valence-corrected chi connectivity index (χ0v) is 10.9. The highest BCUT2D eigenvalue weighted by atomic mass is 35.5. The summed E-state index contributed by atoms with van der Waals surface area (Å²) < 4.78 is 0. The molecule has 0 fully saturated rings. The predicted molar refractivity (Wildman–Crippen MR) is 70.3 cm³/mol. The van der Waals surface area contributed by atoms with Crippen molar-refractivity contribution in [1.82, 2.24) is 10.4 Å². The first kappa shape index (κ1) is 13.1. The molecule has 2 N–H and O–H groups in total. The quantitative estimate of drug-likeness (QED) is 0.488. The lowest BCUT2D eigenvalue weighted by Gasteiger charge is -2.17. The molecule has 1 aromatic rings. The molecule has 0 radical (unpaired) electrons. The molecule has 6 heteroatoms. The average Bonchev–Trinajstić information content (AvgIpc) is 2.21. The summed E-state index contributed by atoms with van der Waals surface area (Å²) in [7, 11) is 5.39. The molecule has 1 aromatic carbocycles. The molecule has 0 aliphatic heterocycles. The van der Waals surface area contributed by atoms with Crippen molar-refractivity contribution in [3.05, 3.63) is 28.2 Å². The number of nitrogens with one attached hydrogen (secondary N) is 2. The molecule has 0 saturated heterocycles. The maximum Gasteiger partial charge on any atom is 0.210 e. The van der Waals surface area contributed by atoms with Gasteiger partial charge in [-0.2, -0.15) is 0 Å². The van der Waals surface area contributed by atoms with Crippen molar-refractivity contribution in [1.29, 1.82) is 0 Å². The van der Waals surface area contributed by atoms with Gasteiger partial charge in [0.1, 0.15) is 0 Å².